The van der Waals surface area contributed by atoms with Crippen LogP contribution in [0.4, 0.5) is 5.69 Å². The van der Waals surface area contributed by atoms with Crippen molar-refractivity contribution in [2.24, 2.45) is 0 Å². The van der Waals surface area contributed by atoms with Crippen molar-refractivity contribution in [1.29, 1.82) is 0 Å². The predicted octanol–water partition coefficient (Wildman–Crippen LogP) is 2.54. The number of nitrogens with zero attached hydrogens (tertiary/aromatic N) is 1. The SMILES string of the molecule is Cc1cc(C)c(NC(=O)C[n+]2ccccc2)c(C)c1.[Y]. The number of aromatic nitrogens is 1. The summed E-state index contributed by atoms with van der Waals surface area (Å²) in [5.74, 6) is -0.00810. The fourth-order valence-corrected chi connectivity index (χ4v) is 2.26. The molecular weight excluding hydrogens is 325 g/mol. The second-order valence-corrected chi connectivity index (χ2v) is 4.87. The molecule has 0 unspecified atom stereocenters. The first-order chi connectivity index (χ1) is 9.06. The molecule has 0 spiro atoms. The largest absolute Gasteiger partial charge is 0.320 e. The van der Waals surface area contributed by atoms with Crippen molar-refractivity contribution in [3.63, 3.8) is 0 Å². The molecule has 2 aromatic rings. The molecule has 101 valence electrons. The third-order valence-electron chi connectivity index (χ3n) is 3.04. The van der Waals surface area contributed by atoms with Gasteiger partial charge in [-0.3, -0.25) is 4.79 Å². The Bertz CT molecular complexity index is 574. The van der Waals surface area contributed by atoms with Gasteiger partial charge in [0.1, 0.15) is 0 Å². The first-order valence-electron chi connectivity index (χ1n) is 6.38. The summed E-state index contributed by atoms with van der Waals surface area (Å²) >= 11 is 0. The summed E-state index contributed by atoms with van der Waals surface area (Å²) in [5, 5.41) is 2.99. The summed E-state index contributed by atoms with van der Waals surface area (Å²) in [4.78, 5) is 12.0. The molecule has 4 heteroatoms. The normalized spacial score (nSPS) is 9.75. The zero-order valence-electron chi connectivity index (χ0n) is 12.2. The van der Waals surface area contributed by atoms with Gasteiger partial charge in [0, 0.05) is 50.5 Å². The van der Waals surface area contributed by atoms with E-state index >= 15 is 0 Å². The molecule has 0 atom stereocenters. The molecule has 0 aliphatic rings. The van der Waals surface area contributed by atoms with Gasteiger partial charge in [0.05, 0.1) is 0 Å². The quantitative estimate of drug-likeness (QED) is 0.853. The molecule has 0 aliphatic heterocycles. The molecule has 20 heavy (non-hydrogen) atoms. The number of nitrogens with one attached hydrogen (secondary N) is 1. The Labute approximate surface area is 145 Å². The van der Waals surface area contributed by atoms with Crippen molar-refractivity contribution in [2.75, 3.05) is 5.32 Å². The molecule has 1 heterocycles. The van der Waals surface area contributed by atoms with Crippen LogP contribution in [0.5, 0.6) is 0 Å². The van der Waals surface area contributed by atoms with Crippen LogP contribution in [-0.4, -0.2) is 5.91 Å². The van der Waals surface area contributed by atoms with E-state index in [1.165, 1.54) is 5.56 Å². The maximum Gasteiger partial charge on any atom is 0.290 e. The second kappa shape index (κ2) is 7.65. The van der Waals surface area contributed by atoms with Gasteiger partial charge in [0.2, 0.25) is 6.54 Å². The van der Waals surface area contributed by atoms with Crippen molar-refractivity contribution in [3.05, 3.63) is 59.4 Å². The fraction of sp³-hybridized carbons (Fsp3) is 0.250. The number of hydrogen-bond acceptors (Lipinski definition) is 1. The van der Waals surface area contributed by atoms with E-state index in [0.717, 1.165) is 16.8 Å². The summed E-state index contributed by atoms with van der Waals surface area (Å²) in [7, 11) is 0. The molecule has 0 saturated heterocycles. The minimum Gasteiger partial charge on any atom is -0.320 e. The first-order valence-corrected chi connectivity index (χ1v) is 6.38. The van der Waals surface area contributed by atoms with E-state index < -0.39 is 0 Å². The van der Waals surface area contributed by atoms with Crippen molar-refractivity contribution in [2.45, 2.75) is 27.3 Å². The first kappa shape index (κ1) is 17.0. The monoisotopic (exact) mass is 344 g/mol. The van der Waals surface area contributed by atoms with Gasteiger partial charge in [-0.15, -0.1) is 0 Å². The Morgan fingerprint density at radius 1 is 1.05 bits per heavy atom. The number of carbonyl (C=O) groups excluding carboxylic acids is 1. The van der Waals surface area contributed by atoms with E-state index in [-0.39, 0.29) is 38.6 Å². The topological polar surface area (TPSA) is 33.0 Å². The molecule has 3 nitrogen and oxygen atoms in total. The maximum atomic E-state index is 12.0. The minimum atomic E-state index is -0.00810. The number of rotatable bonds is 3. The molecule has 1 aromatic heterocycles. The Balaban J connectivity index is 0.00000200. The van der Waals surface area contributed by atoms with Gasteiger partial charge in [0.15, 0.2) is 12.4 Å². The van der Waals surface area contributed by atoms with Crippen LogP contribution < -0.4 is 9.88 Å². The van der Waals surface area contributed by atoms with Gasteiger partial charge in [-0.2, -0.15) is 4.57 Å². The summed E-state index contributed by atoms with van der Waals surface area (Å²) < 4.78 is 1.86. The van der Waals surface area contributed by atoms with Crippen LogP contribution in [0.1, 0.15) is 16.7 Å². The number of amides is 1. The number of hydrogen-bond donors (Lipinski definition) is 1. The molecule has 1 aromatic carbocycles. The van der Waals surface area contributed by atoms with Gasteiger partial charge < -0.3 is 5.32 Å². The molecule has 0 aliphatic carbocycles. The van der Waals surface area contributed by atoms with E-state index in [1.807, 2.05) is 49.0 Å². The van der Waals surface area contributed by atoms with E-state index in [4.69, 9.17) is 0 Å². The summed E-state index contributed by atoms with van der Waals surface area (Å²) in [6.07, 6.45) is 3.77. The average Bonchev–Trinajstić information content (AvgIpc) is 2.35. The summed E-state index contributed by atoms with van der Waals surface area (Å²) in [5.41, 5.74) is 4.34. The van der Waals surface area contributed by atoms with E-state index in [9.17, 15) is 4.79 Å². The van der Waals surface area contributed by atoms with Crippen LogP contribution in [0.3, 0.4) is 0 Å². The van der Waals surface area contributed by atoms with Crippen molar-refractivity contribution in [1.82, 2.24) is 0 Å². The molecule has 0 bridgehead atoms. The summed E-state index contributed by atoms with van der Waals surface area (Å²) in [6, 6.07) is 9.92. The third-order valence-corrected chi connectivity index (χ3v) is 3.04. The number of aryl methyl sites for hydroxylation is 3. The van der Waals surface area contributed by atoms with E-state index in [0.29, 0.717) is 6.54 Å². The van der Waals surface area contributed by atoms with E-state index in [1.54, 1.807) is 0 Å². The zero-order valence-corrected chi connectivity index (χ0v) is 15.0. The number of benzene rings is 1. The fourth-order valence-electron chi connectivity index (χ4n) is 2.26. The molecule has 1 radical (unpaired) electrons. The van der Waals surface area contributed by atoms with Crippen LogP contribution in [-0.2, 0) is 44.0 Å². The van der Waals surface area contributed by atoms with Crippen LogP contribution in [0, 0.1) is 20.8 Å². The van der Waals surface area contributed by atoms with Gasteiger partial charge >= 0.3 is 0 Å². The summed E-state index contributed by atoms with van der Waals surface area (Å²) in [6.45, 7) is 6.43. The number of carbonyl (C=O) groups is 1. The van der Waals surface area contributed by atoms with Crippen molar-refractivity contribution in [3.8, 4) is 0 Å². The van der Waals surface area contributed by atoms with Gasteiger partial charge in [0.25, 0.3) is 5.91 Å². The molecule has 1 amide bonds. The number of pyridine rings is 1. The molecular formula is C16H19N2OY+. The molecule has 0 fully saturated rings. The van der Waals surface area contributed by atoms with Crippen LogP contribution in [0.2, 0.25) is 0 Å². The maximum absolute atomic E-state index is 12.0. The van der Waals surface area contributed by atoms with Gasteiger partial charge in [-0.05, 0) is 31.9 Å². The Hall–Kier alpha value is -1.06. The zero-order chi connectivity index (χ0) is 13.8. The standard InChI is InChI=1S/C16H18N2O.Y/c1-12-9-13(2)16(14(3)10-12)17-15(19)11-18-7-5-4-6-8-18;/h4-10H,11H2,1-3H3;/p+1. The molecule has 1 N–H and O–H groups in total. The second-order valence-electron chi connectivity index (χ2n) is 4.87. The van der Waals surface area contributed by atoms with Crippen LogP contribution in [0.25, 0.3) is 0 Å². The minimum absolute atomic E-state index is 0. The van der Waals surface area contributed by atoms with Crippen molar-refractivity contribution >= 4 is 11.6 Å². The van der Waals surface area contributed by atoms with Gasteiger partial charge in [-0.1, -0.05) is 23.8 Å². The predicted molar refractivity (Wildman–Crippen MR) is 75.9 cm³/mol. The van der Waals surface area contributed by atoms with E-state index in [2.05, 4.69) is 24.4 Å². The Morgan fingerprint density at radius 2 is 1.60 bits per heavy atom. The average molecular weight is 344 g/mol. The smallest absolute Gasteiger partial charge is 0.290 e. The molecule has 2 rings (SSSR count). The Kier molecular flexibility index (Phi) is 6.50. The van der Waals surface area contributed by atoms with Crippen molar-refractivity contribution < 1.29 is 42.1 Å². The Morgan fingerprint density at radius 3 is 2.15 bits per heavy atom. The molecule has 0 saturated carbocycles. The number of anilines is 1. The third kappa shape index (κ3) is 4.50. The van der Waals surface area contributed by atoms with Gasteiger partial charge in [-0.25, -0.2) is 0 Å². The van der Waals surface area contributed by atoms with Crippen LogP contribution in [0.15, 0.2) is 42.7 Å². The van der Waals surface area contributed by atoms with Crippen LogP contribution >= 0.6 is 0 Å².